The Morgan fingerprint density at radius 2 is 2.13 bits per heavy atom. The Morgan fingerprint density at radius 3 is 2.87 bits per heavy atom. The van der Waals surface area contributed by atoms with Gasteiger partial charge >= 0.3 is 0 Å². The number of nitrogens with zero attached hydrogens (tertiary/aromatic N) is 5. The normalized spacial score (nSPS) is 16.0. The van der Waals surface area contributed by atoms with E-state index in [0.29, 0.717) is 24.2 Å². The first-order valence-electron chi connectivity index (χ1n) is 9.76. The van der Waals surface area contributed by atoms with Crippen LogP contribution in [-0.4, -0.2) is 42.8 Å². The number of pyridine rings is 1. The van der Waals surface area contributed by atoms with Crippen LogP contribution in [0.3, 0.4) is 0 Å². The number of nitrogens with two attached hydrogens (primary N) is 1. The molecule has 0 bridgehead atoms. The predicted octanol–water partition coefficient (Wildman–Crippen LogP) is 3.09. The first-order chi connectivity index (χ1) is 14.6. The number of imidazole rings is 1. The van der Waals surface area contributed by atoms with Crippen molar-refractivity contribution in [1.29, 1.82) is 0 Å². The van der Waals surface area contributed by atoms with Crippen LogP contribution in [0.15, 0.2) is 41.4 Å². The fourth-order valence-electron chi connectivity index (χ4n) is 3.51. The number of rotatable bonds is 6. The lowest BCUT2D eigenvalue weighted by atomic mass is 10.0. The molecule has 1 atom stereocenters. The second kappa shape index (κ2) is 7.34. The molecule has 30 heavy (non-hydrogen) atoms. The number of carbonyl (C=O) groups is 1. The van der Waals surface area contributed by atoms with Gasteiger partial charge in [0.25, 0.3) is 0 Å². The van der Waals surface area contributed by atoms with Crippen molar-refractivity contribution in [2.45, 2.75) is 32.3 Å². The summed E-state index contributed by atoms with van der Waals surface area (Å²) in [5, 5.41) is 0. The van der Waals surface area contributed by atoms with Gasteiger partial charge in [0.15, 0.2) is 17.3 Å². The maximum atomic E-state index is 12.8. The lowest BCUT2D eigenvalue weighted by molar-refractivity contribution is -0.0542. The average molecular weight is 404 g/mol. The topological polar surface area (TPSA) is 121 Å². The van der Waals surface area contributed by atoms with Crippen molar-refractivity contribution < 1.29 is 13.9 Å². The fourth-order valence-corrected chi connectivity index (χ4v) is 3.51. The summed E-state index contributed by atoms with van der Waals surface area (Å²) in [7, 11) is 0. The SMILES string of the molecule is Cc1cnc2ccc(-c3nc(C(=O)CC[C@@H]4CCO4)c(N)nc3-c3ncco3)cn12. The third kappa shape index (κ3) is 3.22. The highest BCUT2D eigenvalue weighted by molar-refractivity contribution is 5.99. The van der Waals surface area contributed by atoms with E-state index in [0.717, 1.165) is 29.9 Å². The third-order valence-electron chi connectivity index (χ3n) is 5.27. The Morgan fingerprint density at radius 1 is 1.27 bits per heavy atom. The van der Waals surface area contributed by atoms with E-state index < -0.39 is 0 Å². The van der Waals surface area contributed by atoms with E-state index in [1.807, 2.05) is 29.7 Å². The van der Waals surface area contributed by atoms with Gasteiger partial charge < -0.3 is 19.3 Å². The number of anilines is 1. The lowest BCUT2D eigenvalue weighted by Crippen LogP contribution is -2.27. The molecule has 0 saturated carbocycles. The number of hydrogen-bond donors (Lipinski definition) is 1. The van der Waals surface area contributed by atoms with Crippen molar-refractivity contribution >= 4 is 17.2 Å². The van der Waals surface area contributed by atoms with Gasteiger partial charge in [-0.2, -0.15) is 0 Å². The largest absolute Gasteiger partial charge is 0.443 e. The molecule has 9 heteroatoms. The summed E-state index contributed by atoms with van der Waals surface area (Å²) >= 11 is 0. The molecular weight excluding hydrogens is 384 g/mol. The molecule has 4 aromatic rings. The Bertz CT molecular complexity index is 1230. The minimum Gasteiger partial charge on any atom is -0.443 e. The smallest absolute Gasteiger partial charge is 0.247 e. The minimum atomic E-state index is -0.157. The predicted molar refractivity (Wildman–Crippen MR) is 109 cm³/mol. The van der Waals surface area contributed by atoms with Crippen LogP contribution in [0.2, 0.25) is 0 Å². The highest BCUT2D eigenvalue weighted by Crippen LogP contribution is 2.31. The fraction of sp³-hybridized carbons (Fsp3) is 0.286. The first kappa shape index (κ1) is 18.4. The van der Waals surface area contributed by atoms with Gasteiger partial charge in [-0.25, -0.2) is 19.9 Å². The van der Waals surface area contributed by atoms with Crippen LogP contribution >= 0.6 is 0 Å². The van der Waals surface area contributed by atoms with Gasteiger partial charge in [-0.05, 0) is 31.9 Å². The van der Waals surface area contributed by atoms with Gasteiger partial charge in [-0.15, -0.1) is 0 Å². The number of oxazole rings is 1. The average Bonchev–Trinajstić information content (AvgIpc) is 3.36. The molecule has 0 spiro atoms. The molecule has 2 N–H and O–H groups in total. The maximum absolute atomic E-state index is 12.8. The molecule has 1 fully saturated rings. The molecule has 1 aliphatic heterocycles. The van der Waals surface area contributed by atoms with Crippen molar-refractivity contribution in [3.8, 4) is 22.8 Å². The minimum absolute atomic E-state index is 0.0615. The highest BCUT2D eigenvalue weighted by atomic mass is 16.5. The number of aromatic nitrogens is 5. The third-order valence-corrected chi connectivity index (χ3v) is 5.27. The van der Waals surface area contributed by atoms with Crippen LogP contribution < -0.4 is 5.73 Å². The summed E-state index contributed by atoms with van der Waals surface area (Å²) < 4.78 is 12.8. The Hall–Kier alpha value is -3.59. The zero-order valence-corrected chi connectivity index (χ0v) is 16.4. The first-order valence-corrected chi connectivity index (χ1v) is 9.76. The van der Waals surface area contributed by atoms with Crippen molar-refractivity contribution in [1.82, 2.24) is 24.3 Å². The standard InChI is InChI=1S/C21H20N6O3/c1-12-10-24-16-5-2-13(11-27(12)16)17-19(21-23-7-9-30-21)26-20(22)18(25-17)15(28)4-3-14-6-8-29-14/h2,5,7,9-11,14H,3-4,6,8H2,1H3,(H2,22,26)/t14-/m1/s1. The van der Waals surface area contributed by atoms with Gasteiger partial charge in [0.05, 0.1) is 12.3 Å². The van der Waals surface area contributed by atoms with E-state index in [4.69, 9.17) is 14.9 Å². The molecule has 9 nitrogen and oxygen atoms in total. The molecular formula is C21H20N6O3. The zero-order chi connectivity index (χ0) is 20.7. The van der Waals surface area contributed by atoms with E-state index in [1.54, 1.807) is 6.20 Å². The molecule has 0 radical (unpaired) electrons. The van der Waals surface area contributed by atoms with Gasteiger partial charge in [0, 0.05) is 36.7 Å². The molecule has 1 saturated heterocycles. The van der Waals surface area contributed by atoms with Gasteiger partial charge in [-0.3, -0.25) is 4.79 Å². The van der Waals surface area contributed by atoms with Crippen molar-refractivity contribution in [2.24, 2.45) is 0 Å². The van der Waals surface area contributed by atoms with E-state index in [-0.39, 0.29) is 29.3 Å². The summed E-state index contributed by atoms with van der Waals surface area (Å²) in [6, 6.07) is 3.76. The monoisotopic (exact) mass is 404 g/mol. The zero-order valence-electron chi connectivity index (χ0n) is 16.4. The number of Topliss-reactive ketones (excluding diaryl/α,β-unsaturated/α-hetero) is 1. The van der Waals surface area contributed by atoms with Crippen LogP contribution in [0.5, 0.6) is 0 Å². The number of hydrogen-bond acceptors (Lipinski definition) is 8. The van der Waals surface area contributed by atoms with Crippen molar-refractivity contribution in [3.63, 3.8) is 0 Å². The second-order valence-corrected chi connectivity index (χ2v) is 7.28. The van der Waals surface area contributed by atoms with Crippen LogP contribution in [0.4, 0.5) is 5.82 Å². The summed E-state index contributed by atoms with van der Waals surface area (Å²) in [4.78, 5) is 30.4. The molecule has 4 aromatic heterocycles. The summed E-state index contributed by atoms with van der Waals surface area (Å²) in [5.74, 6) is 0.190. The number of nitrogen functional groups attached to an aromatic ring is 1. The van der Waals surface area contributed by atoms with Gasteiger partial charge in [0.1, 0.15) is 23.3 Å². The van der Waals surface area contributed by atoms with E-state index in [9.17, 15) is 4.79 Å². The van der Waals surface area contributed by atoms with Gasteiger partial charge in [-0.1, -0.05) is 0 Å². The molecule has 5 heterocycles. The maximum Gasteiger partial charge on any atom is 0.247 e. The number of aryl methyl sites for hydroxylation is 1. The van der Waals surface area contributed by atoms with Crippen LogP contribution in [0.1, 0.15) is 35.4 Å². The number of fused-ring (bicyclic) bond motifs is 1. The summed E-state index contributed by atoms with van der Waals surface area (Å²) in [5.41, 5.74) is 9.67. The number of ketones is 1. The van der Waals surface area contributed by atoms with Gasteiger partial charge in [0.2, 0.25) is 5.89 Å². The Balaban J connectivity index is 1.60. The van der Waals surface area contributed by atoms with Crippen LogP contribution in [-0.2, 0) is 4.74 Å². The van der Waals surface area contributed by atoms with E-state index in [1.165, 1.54) is 12.5 Å². The second-order valence-electron chi connectivity index (χ2n) is 7.28. The van der Waals surface area contributed by atoms with E-state index >= 15 is 0 Å². The molecule has 5 rings (SSSR count). The molecule has 0 amide bonds. The molecule has 152 valence electrons. The van der Waals surface area contributed by atoms with Crippen LogP contribution in [0.25, 0.3) is 28.5 Å². The van der Waals surface area contributed by atoms with Crippen LogP contribution in [0, 0.1) is 6.92 Å². The molecule has 1 aliphatic rings. The van der Waals surface area contributed by atoms with Crippen molar-refractivity contribution in [3.05, 3.63) is 48.4 Å². The quantitative estimate of drug-likeness (QED) is 0.487. The number of carbonyl (C=O) groups excluding carboxylic acids is 1. The summed E-state index contributed by atoms with van der Waals surface area (Å²) in [6.07, 6.45) is 8.75. The molecule has 0 aliphatic carbocycles. The highest BCUT2D eigenvalue weighted by Gasteiger charge is 2.24. The lowest BCUT2D eigenvalue weighted by Gasteiger charge is -2.25. The van der Waals surface area contributed by atoms with Crippen molar-refractivity contribution in [2.75, 3.05) is 12.3 Å². The molecule has 0 aromatic carbocycles. The Kier molecular flexibility index (Phi) is 4.51. The number of ether oxygens (including phenoxy) is 1. The van der Waals surface area contributed by atoms with E-state index in [2.05, 4.69) is 19.9 Å². The Labute approximate surface area is 172 Å². The molecule has 0 unspecified atom stereocenters. The summed E-state index contributed by atoms with van der Waals surface area (Å²) in [6.45, 7) is 2.72.